The van der Waals surface area contributed by atoms with Crippen LogP contribution in [0.5, 0.6) is 0 Å². The van der Waals surface area contributed by atoms with Gasteiger partial charge in [0, 0.05) is 20.1 Å². The molecule has 1 aliphatic rings. The number of rotatable bonds is 5. The molecule has 5 nitrogen and oxygen atoms in total. The van der Waals surface area contributed by atoms with Gasteiger partial charge in [-0.1, -0.05) is 6.42 Å². The summed E-state index contributed by atoms with van der Waals surface area (Å²) in [5, 5.41) is 9.02. The number of methoxy groups -OCH3 is 1. The van der Waals surface area contributed by atoms with Gasteiger partial charge in [-0.05, 0) is 26.2 Å². The molecule has 0 bridgehead atoms. The highest BCUT2D eigenvalue weighted by Gasteiger charge is 2.33. The number of likely N-dealkylation sites (N-methyl/N-ethyl adjacent to an activating group) is 1. The zero-order valence-corrected chi connectivity index (χ0v) is 11.4. The normalized spacial score (nSPS) is 25.5. The van der Waals surface area contributed by atoms with Crippen molar-refractivity contribution in [2.75, 3.05) is 20.8 Å². The fourth-order valence-electron chi connectivity index (χ4n) is 2.50. The molecule has 1 N–H and O–H groups in total. The van der Waals surface area contributed by atoms with E-state index in [-0.39, 0.29) is 23.8 Å². The van der Waals surface area contributed by atoms with E-state index in [4.69, 9.17) is 9.84 Å². The minimum Gasteiger partial charge on any atom is -0.481 e. The SMILES string of the molecule is COC[C@H](C)N(C)C(=O)[C@H]1CCC[C@H](C(=O)O)C1. The fraction of sp³-hybridized carbons (Fsp3) is 0.846. The number of carbonyl (C=O) groups is 2. The summed E-state index contributed by atoms with van der Waals surface area (Å²) in [7, 11) is 3.37. The van der Waals surface area contributed by atoms with Gasteiger partial charge in [0.1, 0.15) is 0 Å². The van der Waals surface area contributed by atoms with E-state index in [2.05, 4.69) is 0 Å². The largest absolute Gasteiger partial charge is 0.481 e. The van der Waals surface area contributed by atoms with Gasteiger partial charge < -0.3 is 14.7 Å². The van der Waals surface area contributed by atoms with Crippen molar-refractivity contribution in [2.24, 2.45) is 11.8 Å². The molecule has 0 unspecified atom stereocenters. The second-order valence-corrected chi connectivity index (χ2v) is 5.15. The summed E-state index contributed by atoms with van der Waals surface area (Å²) >= 11 is 0. The van der Waals surface area contributed by atoms with E-state index in [1.807, 2.05) is 6.92 Å². The second kappa shape index (κ2) is 6.73. The molecule has 1 aliphatic carbocycles. The van der Waals surface area contributed by atoms with E-state index < -0.39 is 5.97 Å². The minimum absolute atomic E-state index is 0.0210. The monoisotopic (exact) mass is 257 g/mol. The van der Waals surface area contributed by atoms with Crippen LogP contribution in [0.2, 0.25) is 0 Å². The van der Waals surface area contributed by atoms with Crippen LogP contribution in [0.4, 0.5) is 0 Å². The zero-order valence-electron chi connectivity index (χ0n) is 11.4. The van der Waals surface area contributed by atoms with Gasteiger partial charge in [0.2, 0.25) is 5.91 Å². The molecule has 0 radical (unpaired) electrons. The van der Waals surface area contributed by atoms with Crippen LogP contribution in [0.1, 0.15) is 32.6 Å². The van der Waals surface area contributed by atoms with Crippen LogP contribution in [-0.4, -0.2) is 48.7 Å². The number of carboxylic acid groups (broad SMARTS) is 1. The standard InChI is InChI=1S/C13H23NO4/c1-9(8-18-3)14(2)12(15)10-5-4-6-11(7-10)13(16)17/h9-11H,4-8H2,1-3H3,(H,16,17)/t9-,10-,11-/m0/s1. The van der Waals surface area contributed by atoms with Gasteiger partial charge in [0.15, 0.2) is 0 Å². The van der Waals surface area contributed by atoms with Crippen LogP contribution >= 0.6 is 0 Å². The van der Waals surface area contributed by atoms with Crippen molar-refractivity contribution in [2.45, 2.75) is 38.6 Å². The second-order valence-electron chi connectivity index (χ2n) is 5.15. The molecule has 5 heteroatoms. The smallest absolute Gasteiger partial charge is 0.306 e. The van der Waals surface area contributed by atoms with Gasteiger partial charge in [-0.15, -0.1) is 0 Å². The lowest BCUT2D eigenvalue weighted by molar-refractivity contribution is -0.145. The van der Waals surface area contributed by atoms with Crippen LogP contribution < -0.4 is 0 Å². The number of nitrogens with zero attached hydrogens (tertiary/aromatic N) is 1. The Morgan fingerprint density at radius 3 is 2.56 bits per heavy atom. The number of hydrogen-bond acceptors (Lipinski definition) is 3. The van der Waals surface area contributed by atoms with Crippen molar-refractivity contribution in [1.82, 2.24) is 4.90 Å². The lowest BCUT2D eigenvalue weighted by Crippen LogP contribution is -2.43. The third-order valence-corrected chi connectivity index (χ3v) is 3.79. The molecular formula is C13H23NO4. The van der Waals surface area contributed by atoms with Gasteiger partial charge in [0.25, 0.3) is 0 Å². The molecule has 104 valence electrons. The summed E-state index contributed by atoms with van der Waals surface area (Å²) in [5.41, 5.74) is 0. The Hall–Kier alpha value is -1.10. The first-order chi connectivity index (χ1) is 8.47. The van der Waals surface area contributed by atoms with Crippen molar-refractivity contribution in [3.8, 4) is 0 Å². The molecule has 1 amide bonds. The summed E-state index contributed by atoms with van der Waals surface area (Å²) in [6, 6.07) is 0.0210. The van der Waals surface area contributed by atoms with Crippen molar-refractivity contribution in [3.05, 3.63) is 0 Å². The van der Waals surface area contributed by atoms with Gasteiger partial charge in [-0.25, -0.2) is 0 Å². The van der Waals surface area contributed by atoms with Gasteiger partial charge >= 0.3 is 5.97 Å². The number of carboxylic acids is 1. The average molecular weight is 257 g/mol. The third-order valence-electron chi connectivity index (χ3n) is 3.79. The van der Waals surface area contributed by atoms with Crippen molar-refractivity contribution in [3.63, 3.8) is 0 Å². The number of amides is 1. The van der Waals surface area contributed by atoms with Crippen molar-refractivity contribution < 1.29 is 19.4 Å². The minimum atomic E-state index is -0.778. The van der Waals surface area contributed by atoms with Gasteiger partial charge in [-0.2, -0.15) is 0 Å². The molecule has 0 saturated heterocycles. The summed E-state index contributed by atoms with van der Waals surface area (Å²) in [4.78, 5) is 24.9. The third kappa shape index (κ3) is 3.70. The molecule has 0 aromatic carbocycles. The van der Waals surface area contributed by atoms with E-state index >= 15 is 0 Å². The Bertz CT molecular complexity index is 305. The maximum atomic E-state index is 12.3. The average Bonchev–Trinajstić information content (AvgIpc) is 2.37. The van der Waals surface area contributed by atoms with Crippen molar-refractivity contribution >= 4 is 11.9 Å². The van der Waals surface area contributed by atoms with Crippen LogP contribution in [0.3, 0.4) is 0 Å². The molecule has 1 rings (SSSR count). The van der Waals surface area contributed by atoms with Crippen LogP contribution in [-0.2, 0) is 14.3 Å². The van der Waals surface area contributed by atoms with Gasteiger partial charge in [-0.3, -0.25) is 9.59 Å². The molecule has 1 fully saturated rings. The molecule has 18 heavy (non-hydrogen) atoms. The highest BCUT2D eigenvalue weighted by atomic mass is 16.5. The van der Waals surface area contributed by atoms with E-state index in [1.165, 1.54) is 0 Å². The van der Waals surface area contributed by atoms with E-state index in [1.54, 1.807) is 19.1 Å². The topological polar surface area (TPSA) is 66.8 Å². The molecule has 0 heterocycles. The first kappa shape index (κ1) is 15.0. The van der Waals surface area contributed by atoms with E-state index in [9.17, 15) is 9.59 Å². The molecule has 0 aromatic rings. The first-order valence-electron chi connectivity index (χ1n) is 6.45. The number of ether oxygens (including phenoxy) is 1. The van der Waals surface area contributed by atoms with Crippen LogP contribution in [0.25, 0.3) is 0 Å². The summed E-state index contributed by atoms with van der Waals surface area (Å²) < 4.78 is 5.03. The first-order valence-corrected chi connectivity index (χ1v) is 6.45. The Balaban J connectivity index is 2.57. The Kier molecular flexibility index (Phi) is 5.59. The molecule has 0 aromatic heterocycles. The molecule has 0 spiro atoms. The maximum absolute atomic E-state index is 12.3. The lowest BCUT2D eigenvalue weighted by Gasteiger charge is -2.32. The highest BCUT2D eigenvalue weighted by molar-refractivity contribution is 5.80. The predicted octanol–water partition coefficient (Wildman–Crippen LogP) is 1.37. The quantitative estimate of drug-likeness (QED) is 0.807. The molecule has 3 atom stereocenters. The number of aliphatic carboxylic acids is 1. The Morgan fingerprint density at radius 2 is 2.00 bits per heavy atom. The van der Waals surface area contributed by atoms with E-state index in [0.717, 1.165) is 12.8 Å². The Labute approximate surface area is 108 Å². The molecule has 0 aliphatic heterocycles. The number of hydrogen-bond donors (Lipinski definition) is 1. The summed E-state index contributed by atoms with van der Waals surface area (Å²) in [6.07, 6.45) is 2.78. The summed E-state index contributed by atoms with van der Waals surface area (Å²) in [5.74, 6) is -1.24. The maximum Gasteiger partial charge on any atom is 0.306 e. The van der Waals surface area contributed by atoms with Crippen molar-refractivity contribution in [1.29, 1.82) is 0 Å². The number of carbonyl (C=O) groups excluding carboxylic acids is 1. The highest BCUT2D eigenvalue weighted by Crippen LogP contribution is 2.30. The fourth-order valence-corrected chi connectivity index (χ4v) is 2.50. The molecule has 1 saturated carbocycles. The van der Waals surface area contributed by atoms with Crippen LogP contribution in [0, 0.1) is 11.8 Å². The van der Waals surface area contributed by atoms with Gasteiger partial charge in [0.05, 0.1) is 18.6 Å². The molecular weight excluding hydrogens is 234 g/mol. The lowest BCUT2D eigenvalue weighted by atomic mass is 9.80. The van der Waals surface area contributed by atoms with Crippen LogP contribution in [0.15, 0.2) is 0 Å². The van der Waals surface area contributed by atoms with E-state index in [0.29, 0.717) is 19.4 Å². The Morgan fingerprint density at radius 1 is 1.39 bits per heavy atom. The summed E-state index contributed by atoms with van der Waals surface area (Å²) in [6.45, 7) is 2.43. The predicted molar refractivity (Wildman–Crippen MR) is 67.2 cm³/mol. The zero-order chi connectivity index (χ0) is 13.7.